The van der Waals surface area contributed by atoms with Gasteiger partial charge in [-0.1, -0.05) is 23.7 Å². The average Bonchev–Trinajstić information content (AvgIpc) is 3.39. The molecule has 0 radical (unpaired) electrons. The van der Waals surface area contributed by atoms with Crippen molar-refractivity contribution in [3.05, 3.63) is 64.8 Å². The highest BCUT2D eigenvalue weighted by Crippen LogP contribution is 2.21. The van der Waals surface area contributed by atoms with E-state index < -0.39 is 28.1 Å². The van der Waals surface area contributed by atoms with E-state index in [0.717, 1.165) is 0 Å². The minimum Gasteiger partial charge on any atom is -0.366 e. The van der Waals surface area contributed by atoms with Gasteiger partial charge in [0.15, 0.2) is 16.1 Å². The minimum absolute atomic E-state index is 0.0272. The van der Waals surface area contributed by atoms with Crippen molar-refractivity contribution in [3.8, 4) is 5.82 Å². The quantitative estimate of drug-likeness (QED) is 0.343. The maximum absolute atomic E-state index is 12.8. The fourth-order valence-electron chi connectivity index (χ4n) is 3.66. The van der Waals surface area contributed by atoms with Gasteiger partial charge >= 0.3 is 0 Å². The normalized spacial score (nSPS) is 18.1. The van der Waals surface area contributed by atoms with Crippen LogP contribution in [-0.2, 0) is 9.84 Å². The number of imidazole rings is 1. The van der Waals surface area contributed by atoms with Gasteiger partial charge in [0.05, 0.1) is 11.5 Å². The maximum atomic E-state index is 12.8. The lowest BCUT2D eigenvalue weighted by Crippen LogP contribution is -2.36. The topological polar surface area (TPSA) is 159 Å². The fraction of sp³-hybridized carbons (Fsp3) is 0.333. The molecule has 4 rings (SSSR count). The molecule has 13 heteroatoms. The van der Waals surface area contributed by atoms with E-state index in [4.69, 9.17) is 11.6 Å². The number of hydrogen-bond acceptors (Lipinski definition) is 9. The van der Waals surface area contributed by atoms with Gasteiger partial charge in [0, 0.05) is 29.0 Å². The van der Waals surface area contributed by atoms with E-state index in [1.807, 2.05) is 0 Å². The second-order valence-corrected chi connectivity index (χ2v) is 10.7. The Bertz CT molecular complexity index is 1310. The summed E-state index contributed by atoms with van der Waals surface area (Å²) in [6.07, 6.45) is 3.06. The summed E-state index contributed by atoms with van der Waals surface area (Å²) in [5, 5.41) is 25.5. The number of carbonyl (C=O) groups is 1. The molecule has 1 fully saturated rings. The van der Waals surface area contributed by atoms with Gasteiger partial charge in [-0.05, 0) is 31.0 Å². The van der Waals surface area contributed by atoms with Gasteiger partial charge in [-0.3, -0.25) is 9.36 Å². The van der Waals surface area contributed by atoms with Crippen molar-refractivity contribution in [2.45, 2.75) is 31.7 Å². The Labute approximate surface area is 200 Å². The summed E-state index contributed by atoms with van der Waals surface area (Å²) in [6, 6.07) is 5.03. The largest absolute Gasteiger partial charge is 0.366 e. The molecule has 2 aromatic heterocycles. The zero-order chi connectivity index (χ0) is 24.5. The number of amides is 1. The molecule has 11 nitrogen and oxygen atoms in total. The Balaban J connectivity index is 1.51. The molecule has 0 aliphatic carbocycles. The van der Waals surface area contributed by atoms with Crippen LogP contribution in [0, 0.1) is 6.92 Å². The van der Waals surface area contributed by atoms with Crippen LogP contribution in [0.1, 0.15) is 34.1 Å². The Morgan fingerprint density at radius 3 is 2.76 bits per heavy atom. The average molecular weight is 507 g/mol. The summed E-state index contributed by atoms with van der Waals surface area (Å²) in [5.41, 5.74) is 1.16. The van der Waals surface area contributed by atoms with Crippen LogP contribution in [0.3, 0.4) is 0 Å². The van der Waals surface area contributed by atoms with Crippen LogP contribution >= 0.6 is 11.6 Å². The van der Waals surface area contributed by atoms with E-state index >= 15 is 0 Å². The van der Waals surface area contributed by atoms with Gasteiger partial charge in [-0.2, -0.15) is 4.98 Å². The minimum atomic E-state index is -3.05. The van der Waals surface area contributed by atoms with E-state index in [-0.39, 0.29) is 29.2 Å². The van der Waals surface area contributed by atoms with Crippen LogP contribution in [0.25, 0.3) is 5.82 Å². The van der Waals surface area contributed by atoms with Crippen LogP contribution in [0.5, 0.6) is 0 Å². The van der Waals surface area contributed by atoms with Gasteiger partial charge in [-0.25, -0.2) is 18.4 Å². The molecular weight excluding hydrogens is 484 g/mol. The van der Waals surface area contributed by atoms with Gasteiger partial charge in [0.2, 0.25) is 5.95 Å². The number of aliphatic hydroxyl groups is 2. The number of anilines is 1. The molecule has 1 aliphatic heterocycles. The van der Waals surface area contributed by atoms with E-state index in [9.17, 15) is 23.4 Å². The third-order valence-electron chi connectivity index (χ3n) is 5.36. The fourth-order valence-corrected chi connectivity index (χ4v) is 5.53. The first-order valence-corrected chi connectivity index (χ1v) is 12.6. The van der Waals surface area contributed by atoms with Gasteiger partial charge < -0.3 is 20.8 Å². The predicted octanol–water partition coefficient (Wildman–Crippen LogP) is 1.00. The van der Waals surface area contributed by atoms with Crippen molar-refractivity contribution in [2.75, 3.05) is 16.8 Å². The summed E-state index contributed by atoms with van der Waals surface area (Å²) >= 11 is 5.97. The third kappa shape index (κ3) is 5.53. The number of rotatable bonds is 7. The molecule has 0 spiro atoms. The Hall–Kier alpha value is -3.06. The molecule has 1 saturated heterocycles. The SMILES string of the molecule is Cc1cnc(NC2CCS(=O)(=O)C2)nc1-n1cnc(C(=O)N[C@@H](c2cccc(Cl)c2)C(O)O)c1. The first kappa shape index (κ1) is 24.1. The number of hydrogen-bond donors (Lipinski definition) is 4. The molecule has 0 bridgehead atoms. The predicted molar refractivity (Wildman–Crippen MR) is 124 cm³/mol. The number of aryl methyl sites for hydroxylation is 1. The smallest absolute Gasteiger partial charge is 0.272 e. The second kappa shape index (κ2) is 9.66. The van der Waals surface area contributed by atoms with Gasteiger partial charge in [0.25, 0.3) is 5.91 Å². The lowest BCUT2D eigenvalue weighted by molar-refractivity contribution is -0.0661. The maximum Gasteiger partial charge on any atom is 0.272 e. The Kier molecular flexibility index (Phi) is 6.84. The highest BCUT2D eigenvalue weighted by Gasteiger charge is 2.28. The van der Waals surface area contributed by atoms with Gasteiger partial charge in [0.1, 0.15) is 23.9 Å². The highest BCUT2D eigenvalue weighted by atomic mass is 35.5. The molecule has 34 heavy (non-hydrogen) atoms. The molecule has 1 aromatic carbocycles. The van der Waals surface area contributed by atoms with Crippen LogP contribution < -0.4 is 10.6 Å². The molecule has 3 heterocycles. The van der Waals surface area contributed by atoms with Crippen molar-refractivity contribution in [1.82, 2.24) is 24.8 Å². The van der Waals surface area contributed by atoms with E-state index in [0.29, 0.717) is 28.4 Å². The Morgan fingerprint density at radius 1 is 1.29 bits per heavy atom. The zero-order valence-corrected chi connectivity index (χ0v) is 19.7. The first-order valence-electron chi connectivity index (χ1n) is 10.4. The number of sulfone groups is 1. The van der Waals surface area contributed by atoms with Crippen molar-refractivity contribution in [1.29, 1.82) is 0 Å². The van der Waals surface area contributed by atoms with E-state index in [1.165, 1.54) is 23.2 Å². The molecule has 4 N–H and O–H groups in total. The lowest BCUT2D eigenvalue weighted by atomic mass is 10.1. The molecule has 1 unspecified atom stereocenters. The third-order valence-corrected chi connectivity index (χ3v) is 7.37. The summed E-state index contributed by atoms with van der Waals surface area (Å²) in [7, 11) is -3.05. The highest BCUT2D eigenvalue weighted by molar-refractivity contribution is 7.91. The summed E-state index contributed by atoms with van der Waals surface area (Å²) in [6.45, 7) is 1.79. The number of halogens is 1. The number of nitrogens with zero attached hydrogens (tertiary/aromatic N) is 4. The van der Waals surface area contributed by atoms with E-state index in [2.05, 4.69) is 25.6 Å². The molecule has 1 aliphatic rings. The van der Waals surface area contributed by atoms with Crippen LogP contribution in [-0.4, -0.2) is 67.9 Å². The first-order chi connectivity index (χ1) is 16.1. The molecule has 0 saturated carbocycles. The molecular formula is C21H23ClN6O5S. The van der Waals surface area contributed by atoms with Crippen molar-refractivity contribution < 1.29 is 23.4 Å². The molecule has 180 valence electrons. The van der Waals surface area contributed by atoms with E-state index in [1.54, 1.807) is 31.3 Å². The molecule has 2 atom stereocenters. The Morgan fingerprint density at radius 2 is 2.09 bits per heavy atom. The van der Waals surface area contributed by atoms with Gasteiger partial charge in [-0.15, -0.1) is 0 Å². The van der Waals surface area contributed by atoms with Crippen LogP contribution in [0.2, 0.25) is 5.02 Å². The number of carbonyl (C=O) groups excluding carboxylic acids is 1. The standard InChI is InChI=1S/C21H23ClN6O5S/c1-12-8-23-21(25-15-5-6-34(32,33)10-15)27-18(12)28-9-16(24-11-28)19(29)26-17(20(30)31)13-3-2-4-14(22)7-13/h2-4,7-9,11,15,17,20,30-31H,5-6,10H2,1H3,(H,26,29)(H,23,25,27)/t15?,17-/m0/s1. The number of nitrogens with one attached hydrogen (secondary N) is 2. The molecule has 1 amide bonds. The number of aliphatic hydroxyl groups excluding tert-OH is 1. The van der Waals surface area contributed by atoms with Crippen molar-refractivity contribution in [2.24, 2.45) is 0 Å². The molecule has 3 aromatic rings. The number of benzene rings is 1. The van der Waals surface area contributed by atoms with Crippen LogP contribution in [0.4, 0.5) is 5.95 Å². The summed E-state index contributed by atoms with van der Waals surface area (Å²) in [5.74, 6) is 0.255. The zero-order valence-electron chi connectivity index (χ0n) is 18.1. The van der Waals surface area contributed by atoms with Crippen molar-refractivity contribution >= 4 is 33.3 Å². The van der Waals surface area contributed by atoms with Crippen molar-refractivity contribution in [3.63, 3.8) is 0 Å². The monoisotopic (exact) mass is 506 g/mol. The summed E-state index contributed by atoms with van der Waals surface area (Å²) < 4.78 is 24.9. The van der Waals surface area contributed by atoms with Crippen LogP contribution in [0.15, 0.2) is 43.0 Å². The summed E-state index contributed by atoms with van der Waals surface area (Å²) in [4.78, 5) is 25.5. The number of aromatic nitrogens is 4. The second-order valence-electron chi connectivity index (χ2n) is 8.03. The lowest BCUT2D eigenvalue weighted by Gasteiger charge is -2.20.